The Kier molecular flexibility index (Phi) is 4.07. The molecule has 0 spiro atoms. The number of hydrazine groups is 1. The predicted molar refractivity (Wildman–Crippen MR) is 87.6 cm³/mol. The van der Waals surface area contributed by atoms with Crippen molar-refractivity contribution in [3.63, 3.8) is 0 Å². The lowest BCUT2D eigenvalue weighted by Crippen LogP contribution is -2.14. The second-order valence-corrected chi connectivity index (χ2v) is 6.40. The SMILES string of the molecule is CCc1ccsc1CNc1nc(C2CC2)nc(NN)c1C. The summed E-state index contributed by atoms with van der Waals surface area (Å²) in [4.78, 5) is 10.6. The molecule has 112 valence electrons. The largest absolute Gasteiger partial charge is 0.365 e. The van der Waals surface area contributed by atoms with Crippen LogP contribution in [0.15, 0.2) is 11.4 Å². The maximum absolute atomic E-state index is 5.58. The standard InChI is InChI=1S/C15H21N5S/c1-3-10-6-7-21-12(10)8-17-13-9(2)14(20-16)19-15(18-13)11-4-5-11/h6-7,11H,3-5,8,16H2,1-2H3,(H2,17,18,19,20). The number of rotatable bonds is 6. The van der Waals surface area contributed by atoms with Crippen molar-refractivity contribution in [3.05, 3.63) is 33.3 Å². The Balaban J connectivity index is 1.82. The molecule has 0 unspecified atom stereocenters. The lowest BCUT2D eigenvalue weighted by molar-refractivity contribution is 0.910. The Morgan fingerprint density at radius 1 is 1.33 bits per heavy atom. The number of nitrogens with zero attached hydrogens (tertiary/aromatic N) is 2. The maximum Gasteiger partial charge on any atom is 0.148 e. The fourth-order valence-electron chi connectivity index (χ4n) is 2.37. The van der Waals surface area contributed by atoms with E-state index in [1.807, 2.05) is 6.92 Å². The van der Waals surface area contributed by atoms with E-state index in [1.54, 1.807) is 11.3 Å². The molecule has 0 atom stereocenters. The molecule has 1 aliphatic rings. The summed E-state index contributed by atoms with van der Waals surface area (Å²) in [5.41, 5.74) is 5.06. The second kappa shape index (κ2) is 5.99. The molecule has 6 heteroatoms. The minimum atomic E-state index is 0.506. The molecule has 1 aliphatic carbocycles. The van der Waals surface area contributed by atoms with E-state index in [2.05, 4.69) is 39.1 Å². The lowest BCUT2D eigenvalue weighted by Gasteiger charge is -2.13. The Hall–Kier alpha value is -1.66. The van der Waals surface area contributed by atoms with Gasteiger partial charge in [0, 0.05) is 16.4 Å². The molecule has 0 aliphatic heterocycles. The summed E-state index contributed by atoms with van der Waals surface area (Å²) in [6, 6.07) is 2.19. The number of aryl methyl sites for hydroxylation is 1. The number of nitrogens with one attached hydrogen (secondary N) is 2. The summed E-state index contributed by atoms with van der Waals surface area (Å²) in [5, 5.41) is 5.60. The van der Waals surface area contributed by atoms with Crippen molar-refractivity contribution in [2.45, 2.75) is 45.6 Å². The van der Waals surface area contributed by atoms with Gasteiger partial charge in [0.1, 0.15) is 17.5 Å². The van der Waals surface area contributed by atoms with Gasteiger partial charge in [-0.05, 0) is 43.2 Å². The first-order valence-corrected chi connectivity index (χ1v) is 8.25. The fraction of sp³-hybridized carbons (Fsp3) is 0.467. The molecule has 5 nitrogen and oxygen atoms in total. The van der Waals surface area contributed by atoms with Crippen molar-refractivity contribution < 1.29 is 0 Å². The van der Waals surface area contributed by atoms with Gasteiger partial charge in [0.2, 0.25) is 0 Å². The van der Waals surface area contributed by atoms with Crippen molar-refractivity contribution in [3.8, 4) is 0 Å². The topological polar surface area (TPSA) is 75.9 Å². The van der Waals surface area contributed by atoms with Crippen LogP contribution in [-0.2, 0) is 13.0 Å². The average Bonchev–Trinajstić information content (AvgIpc) is 3.25. The van der Waals surface area contributed by atoms with E-state index in [0.29, 0.717) is 5.92 Å². The van der Waals surface area contributed by atoms with Crippen LogP contribution in [0, 0.1) is 6.92 Å². The molecule has 3 rings (SSSR count). The monoisotopic (exact) mass is 303 g/mol. The van der Waals surface area contributed by atoms with Gasteiger partial charge in [-0.15, -0.1) is 11.3 Å². The van der Waals surface area contributed by atoms with Gasteiger partial charge in [0.15, 0.2) is 0 Å². The van der Waals surface area contributed by atoms with E-state index in [9.17, 15) is 0 Å². The number of aromatic nitrogens is 2. The maximum atomic E-state index is 5.58. The lowest BCUT2D eigenvalue weighted by atomic mass is 10.2. The molecule has 1 saturated carbocycles. The van der Waals surface area contributed by atoms with Crippen LogP contribution in [0.2, 0.25) is 0 Å². The van der Waals surface area contributed by atoms with Gasteiger partial charge in [-0.25, -0.2) is 15.8 Å². The van der Waals surface area contributed by atoms with Crippen LogP contribution in [0.1, 0.15) is 47.5 Å². The highest BCUT2D eigenvalue weighted by Gasteiger charge is 2.28. The van der Waals surface area contributed by atoms with E-state index in [4.69, 9.17) is 5.84 Å². The average molecular weight is 303 g/mol. The third kappa shape index (κ3) is 3.01. The number of hydrogen-bond acceptors (Lipinski definition) is 6. The van der Waals surface area contributed by atoms with E-state index in [-0.39, 0.29) is 0 Å². The van der Waals surface area contributed by atoms with E-state index in [1.165, 1.54) is 23.3 Å². The second-order valence-electron chi connectivity index (χ2n) is 5.40. The zero-order valence-electron chi connectivity index (χ0n) is 12.4. The Morgan fingerprint density at radius 2 is 2.10 bits per heavy atom. The number of nitrogens with two attached hydrogens (primary N) is 1. The molecule has 0 aromatic carbocycles. The highest BCUT2D eigenvalue weighted by Crippen LogP contribution is 2.39. The first-order valence-electron chi connectivity index (χ1n) is 7.37. The van der Waals surface area contributed by atoms with Crippen molar-refractivity contribution in [1.29, 1.82) is 0 Å². The molecule has 0 amide bonds. The third-order valence-corrected chi connectivity index (χ3v) is 4.84. The molecule has 2 heterocycles. The quantitative estimate of drug-likeness (QED) is 0.564. The summed E-state index contributed by atoms with van der Waals surface area (Å²) in [5.74, 6) is 8.59. The normalized spacial score (nSPS) is 14.2. The van der Waals surface area contributed by atoms with Crippen molar-refractivity contribution in [1.82, 2.24) is 9.97 Å². The van der Waals surface area contributed by atoms with Crippen LogP contribution in [0.5, 0.6) is 0 Å². The summed E-state index contributed by atoms with van der Waals surface area (Å²) in [6.07, 6.45) is 3.42. The van der Waals surface area contributed by atoms with E-state index >= 15 is 0 Å². The summed E-state index contributed by atoms with van der Waals surface area (Å²) >= 11 is 1.79. The van der Waals surface area contributed by atoms with Gasteiger partial charge in [-0.3, -0.25) is 0 Å². The zero-order valence-corrected chi connectivity index (χ0v) is 13.3. The van der Waals surface area contributed by atoms with Crippen LogP contribution in [-0.4, -0.2) is 9.97 Å². The summed E-state index contributed by atoms with van der Waals surface area (Å²) < 4.78 is 0. The van der Waals surface area contributed by atoms with E-state index < -0.39 is 0 Å². The molecule has 0 saturated heterocycles. The number of hydrogen-bond donors (Lipinski definition) is 3. The minimum Gasteiger partial charge on any atom is -0.365 e. The molecule has 0 radical (unpaired) electrons. The van der Waals surface area contributed by atoms with Gasteiger partial charge in [0.25, 0.3) is 0 Å². The van der Waals surface area contributed by atoms with Gasteiger partial charge < -0.3 is 10.7 Å². The van der Waals surface area contributed by atoms with E-state index in [0.717, 1.165) is 36.0 Å². The molecule has 1 fully saturated rings. The first-order chi connectivity index (χ1) is 10.2. The summed E-state index contributed by atoms with van der Waals surface area (Å²) in [6.45, 7) is 4.97. The Morgan fingerprint density at radius 3 is 2.76 bits per heavy atom. The molecule has 0 bridgehead atoms. The molecular formula is C15H21N5S. The molecule has 21 heavy (non-hydrogen) atoms. The van der Waals surface area contributed by atoms with Gasteiger partial charge >= 0.3 is 0 Å². The first kappa shape index (κ1) is 14.3. The number of thiophene rings is 1. The highest BCUT2D eigenvalue weighted by molar-refractivity contribution is 7.10. The summed E-state index contributed by atoms with van der Waals surface area (Å²) in [7, 11) is 0. The van der Waals surface area contributed by atoms with Crippen LogP contribution >= 0.6 is 11.3 Å². The van der Waals surface area contributed by atoms with Crippen LogP contribution in [0.25, 0.3) is 0 Å². The molecule has 2 aromatic rings. The van der Waals surface area contributed by atoms with Gasteiger partial charge in [0.05, 0.1) is 6.54 Å². The highest BCUT2D eigenvalue weighted by atomic mass is 32.1. The molecular weight excluding hydrogens is 282 g/mol. The van der Waals surface area contributed by atoms with Crippen molar-refractivity contribution in [2.75, 3.05) is 10.7 Å². The molecule has 4 N–H and O–H groups in total. The zero-order chi connectivity index (χ0) is 14.8. The Labute approximate surface area is 129 Å². The smallest absolute Gasteiger partial charge is 0.148 e. The number of nitrogen functional groups attached to an aromatic ring is 1. The van der Waals surface area contributed by atoms with Crippen molar-refractivity contribution >= 4 is 23.0 Å². The number of anilines is 2. The Bertz CT molecular complexity index is 633. The fourth-order valence-corrected chi connectivity index (χ4v) is 3.29. The van der Waals surface area contributed by atoms with Crippen LogP contribution < -0.4 is 16.6 Å². The van der Waals surface area contributed by atoms with Gasteiger partial charge in [-0.2, -0.15) is 0 Å². The predicted octanol–water partition coefficient (Wildman–Crippen LogP) is 3.18. The van der Waals surface area contributed by atoms with Crippen LogP contribution in [0.3, 0.4) is 0 Å². The molecule has 2 aromatic heterocycles. The van der Waals surface area contributed by atoms with Crippen molar-refractivity contribution in [2.24, 2.45) is 5.84 Å². The third-order valence-electron chi connectivity index (χ3n) is 3.88. The van der Waals surface area contributed by atoms with Gasteiger partial charge in [-0.1, -0.05) is 6.92 Å². The van der Waals surface area contributed by atoms with Crippen LogP contribution in [0.4, 0.5) is 11.6 Å². The minimum absolute atomic E-state index is 0.506.